The third-order valence-electron chi connectivity index (χ3n) is 3.02. The van der Waals surface area contributed by atoms with E-state index in [1.165, 1.54) is 0 Å². The number of hydrogen-bond acceptors (Lipinski definition) is 5. The first-order valence-corrected chi connectivity index (χ1v) is 7.15. The van der Waals surface area contributed by atoms with Crippen LogP contribution in [0.25, 0.3) is 11.4 Å². The van der Waals surface area contributed by atoms with Crippen LogP contribution in [0.15, 0.2) is 29.0 Å². The molecule has 6 nitrogen and oxygen atoms in total. The van der Waals surface area contributed by atoms with E-state index in [4.69, 9.17) is 4.52 Å². The molecule has 1 N–H and O–H groups in total. The predicted molar refractivity (Wildman–Crippen MR) is 78.3 cm³/mol. The summed E-state index contributed by atoms with van der Waals surface area (Å²) >= 11 is 0. The quantitative estimate of drug-likeness (QED) is 0.845. The Balaban J connectivity index is 1.79. The number of nitrogens with zero attached hydrogens (tertiary/aromatic N) is 3. The van der Waals surface area contributed by atoms with Gasteiger partial charge in [0.2, 0.25) is 17.6 Å². The van der Waals surface area contributed by atoms with Crippen LogP contribution >= 0.6 is 0 Å². The average Bonchev–Trinajstić information content (AvgIpc) is 2.94. The molecule has 0 saturated carbocycles. The van der Waals surface area contributed by atoms with E-state index in [0.29, 0.717) is 37.0 Å². The summed E-state index contributed by atoms with van der Waals surface area (Å²) in [6.07, 6.45) is 5.14. The number of hydrogen-bond donors (Lipinski definition) is 1. The molecule has 2 heterocycles. The summed E-state index contributed by atoms with van der Waals surface area (Å²) in [6, 6.07) is 3.63. The lowest BCUT2D eigenvalue weighted by atomic mass is 10.1. The maximum absolute atomic E-state index is 11.7. The van der Waals surface area contributed by atoms with E-state index in [-0.39, 0.29) is 5.91 Å². The normalized spacial score (nSPS) is 10.8. The third kappa shape index (κ3) is 4.98. The molecular weight excluding hydrogens is 268 g/mol. The lowest BCUT2D eigenvalue weighted by Gasteiger charge is -2.05. The number of amides is 1. The zero-order chi connectivity index (χ0) is 15.1. The number of aryl methyl sites for hydroxylation is 1. The van der Waals surface area contributed by atoms with Crippen LogP contribution in [0.1, 0.15) is 32.6 Å². The van der Waals surface area contributed by atoms with Crippen LogP contribution in [-0.4, -0.2) is 27.6 Å². The van der Waals surface area contributed by atoms with Crippen LogP contribution in [0.5, 0.6) is 0 Å². The molecule has 0 aliphatic carbocycles. The molecule has 0 radical (unpaired) electrons. The number of carbonyl (C=O) groups excluding carboxylic acids is 1. The van der Waals surface area contributed by atoms with Gasteiger partial charge in [0.05, 0.1) is 0 Å². The fraction of sp³-hybridized carbons (Fsp3) is 0.467. The van der Waals surface area contributed by atoms with Crippen LogP contribution < -0.4 is 5.32 Å². The van der Waals surface area contributed by atoms with Crippen LogP contribution in [0.4, 0.5) is 0 Å². The second kappa shape index (κ2) is 7.52. The molecule has 6 heteroatoms. The minimum atomic E-state index is 0.0133. The zero-order valence-corrected chi connectivity index (χ0v) is 12.4. The van der Waals surface area contributed by atoms with E-state index < -0.39 is 0 Å². The van der Waals surface area contributed by atoms with Crippen molar-refractivity contribution in [3.05, 3.63) is 30.4 Å². The van der Waals surface area contributed by atoms with Gasteiger partial charge in [0.15, 0.2) is 0 Å². The maximum atomic E-state index is 11.7. The summed E-state index contributed by atoms with van der Waals surface area (Å²) in [6.45, 7) is 4.97. The molecule has 0 aliphatic heterocycles. The fourth-order valence-electron chi connectivity index (χ4n) is 1.78. The van der Waals surface area contributed by atoms with Gasteiger partial charge in [-0.2, -0.15) is 4.98 Å². The molecule has 2 aromatic heterocycles. The average molecular weight is 288 g/mol. The lowest BCUT2D eigenvalue weighted by Crippen LogP contribution is -2.25. The Bertz CT molecular complexity index is 566. The van der Waals surface area contributed by atoms with Crippen molar-refractivity contribution in [2.75, 3.05) is 6.54 Å². The van der Waals surface area contributed by atoms with Gasteiger partial charge in [-0.15, -0.1) is 0 Å². The van der Waals surface area contributed by atoms with Gasteiger partial charge in [-0.05, 0) is 24.5 Å². The first kappa shape index (κ1) is 15.2. The molecule has 0 saturated heterocycles. The van der Waals surface area contributed by atoms with E-state index in [1.54, 1.807) is 12.4 Å². The van der Waals surface area contributed by atoms with Crippen molar-refractivity contribution in [1.82, 2.24) is 20.4 Å². The summed E-state index contributed by atoms with van der Waals surface area (Å²) < 4.78 is 5.15. The minimum Gasteiger partial charge on any atom is -0.356 e. The van der Waals surface area contributed by atoms with Gasteiger partial charge in [-0.1, -0.05) is 19.0 Å². The number of pyridine rings is 1. The van der Waals surface area contributed by atoms with E-state index in [1.807, 2.05) is 12.1 Å². The molecule has 2 rings (SSSR count). The summed E-state index contributed by atoms with van der Waals surface area (Å²) in [5, 5.41) is 6.79. The molecule has 0 fully saturated rings. The van der Waals surface area contributed by atoms with Crippen LogP contribution in [0.2, 0.25) is 0 Å². The highest BCUT2D eigenvalue weighted by Crippen LogP contribution is 2.14. The number of aromatic nitrogens is 3. The molecule has 0 bridgehead atoms. The Labute approximate surface area is 124 Å². The third-order valence-corrected chi connectivity index (χ3v) is 3.02. The summed E-state index contributed by atoms with van der Waals surface area (Å²) in [5.74, 6) is 1.59. The Hall–Kier alpha value is -2.24. The fourth-order valence-corrected chi connectivity index (χ4v) is 1.78. The lowest BCUT2D eigenvalue weighted by molar-refractivity contribution is -0.121. The Morgan fingerprint density at radius 2 is 2.10 bits per heavy atom. The van der Waals surface area contributed by atoms with E-state index >= 15 is 0 Å². The van der Waals surface area contributed by atoms with Gasteiger partial charge < -0.3 is 9.84 Å². The first-order valence-electron chi connectivity index (χ1n) is 7.15. The Morgan fingerprint density at radius 3 is 2.81 bits per heavy atom. The highest BCUT2D eigenvalue weighted by molar-refractivity contribution is 5.75. The van der Waals surface area contributed by atoms with E-state index in [2.05, 4.69) is 34.3 Å². The van der Waals surface area contributed by atoms with Crippen LogP contribution in [0, 0.1) is 5.92 Å². The van der Waals surface area contributed by atoms with Gasteiger partial charge in [-0.3, -0.25) is 9.78 Å². The maximum Gasteiger partial charge on any atom is 0.227 e. The highest BCUT2D eigenvalue weighted by atomic mass is 16.5. The minimum absolute atomic E-state index is 0.0133. The molecule has 0 unspecified atom stereocenters. The van der Waals surface area contributed by atoms with Crippen molar-refractivity contribution < 1.29 is 9.32 Å². The van der Waals surface area contributed by atoms with Gasteiger partial charge in [0.25, 0.3) is 0 Å². The Morgan fingerprint density at radius 1 is 1.33 bits per heavy atom. The largest absolute Gasteiger partial charge is 0.356 e. The van der Waals surface area contributed by atoms with Crippen molar-refractivity contribution >= 4 is 5.91 Å². The van der Waals surface area contributed by atoms with Crippen LogP contribution in [-0.2, 0) is 11.2 Å². The van der Waals surface area contributed by atoms with Crippen molar-refractivity contribution in [1.29, 1.82) is 0 Å². The van der Waals surface area contributed by atoms with Crippen molar-refractivity contribution in [2.24, 2.45) is 5.92 Å². The van der Waals surface area contributed by atoms with E-state index in [9.17, 15) is 4.79 Å². The second-order valence-corrected chi connectivity index (χ2v) is 5.28. The van der Waals surface area contributed by atoms with Gasteiger partial charge in [0, 0.05) is 37.3 Å². The van der Waals surface area contributed by atoms with Crippen molar-refractivity contribution in [3.8, 4) is 11.4 Å². The standard InChI is InChI=1S/C15H20N4O2/c1-11(2)5-10-17-13(20)3-4-14-18-15(19-21-14)12-6-8-16-9-7-12/h6-9,11H,3-5,10H2,1-2H3,(H,17,20). The van der Waals surface area contributed by atoms with Gasteiger partial charge in [0.1, 0.15) is 0 Å². The number of carbonyl (C=O) groups is 1. The monoisotopic (exact) mass is 288 g/mol. The molecule has 0 atom stereocenters. The second-order valence-electron chi connectivity index (χ2n) is 5.28. The number of nitrogens with one attached hydrogen (secondary N) is 1. The van der Waals surface area contributed by atoms with E-state index in [0.717, 1.165) is 12.0 Å². The smallest absolute Gasteiger partial charge is 0.227 e. The molecule has 1 amide bonds. The number of rotatable bonds is 7. The highest BCUT2D eigenvalue weighted by Gasteiger charge is 2.10. The molecule has 0 aliphatic rings. The SMILES string of the molecule is CC(C)CCNC(=O)CCc1nc(-c2ccncc2)no1. The topological polar surface area (TPSA) is 80.9 Å². The van der Waals surface area contributed by atoms with Crippen molar-refractivity contribution in [2.45, 2.75) is 33.1 Å². The first-order chi connectivity index (χ1) is 10.1. The van der Waals surface area contributed by atoms with Gasteiger partial charge in [-0.25, -0.2) is 0 Å². The van der Waals surface area contributed by atoms with Gasteiger partial charge >= 0.3 is 0 Å². The molecular formula is C15H20N4O2. The summed E-state index contributed by atoms with van der Waals surface area (Å²) in [5.41, 5.74) is 0.849. The molecule has 21 heavy (non-hydrogen) atoms. The van der Waals surface area contributed by atoms with Crippen molar-refractivity contribution in [3.63, 3.8) is 0 Å². The Kier molecular flexibility index (Phi) is 5.43. The summed E-state index contributed by atoms with van der Waals surface area (Å²) in [4.78, 5) is 19.9. The predicted octanol–water partition coefficient (Wildman–Crippen LogP) is 2.23. The summed E-state index contributed by atoms with van der Waals surface area (Å²) in [7, 11) is 0. The molecule has 0 spiro atoms. The molecule has 0 aromatic carbocycles. The molecule has 112 valence electrons. The zero-order valence-electron chi connectivity index (χ0n) is 12.4. The molecule has 2 aromatic rings. The van der Waals surface area contributed by atoms with Crippen LogP contribution in [0.3, 0.4) is 0 Å².